The van der Waals surface area contributed by atoms with Crippen molar-refractivity contribution in [2.45, 2.75) is 64.7 Å². The third-order valence-electron chi connectivity index (χ3n) is 2.88. The van der Waals surface area contributed by atoms with Crippen LogP contribution in [0.5, 0.6) is 0 Å². The zero-order valence-corrected chi connectivity index (χ0v) is 11.8. The van der Waals surface area contributed by atoms with Crippen LogP contribution in [0, 0.1) is 0 Å². The van der Waals surface area contributed by atoms with E-state index in [4.69, 9.17) is 0 Å². The molecule has 0 fully saturated rings. The fourth-order valence-corrected chi connectivity index (χ4v) is 1.81. The maximum Gasteiger partial charge on any atom is 0.142 e. The summed E-state index contributed by atoms with van der Waals surface area (Å²) in [6.07, 6.45) is 24.3. The minimum absolute atomic E-state index is 0.786. The van der Waals surface area contributed by atoms with Crippen LogP contribution in [-0.2, 0) is 4.79 Å². The van der Waals surface area contributed by atoms with E-state index >= 15 is 0 Å². The third kappa shape index (κ3) is 14.9. The van der Waals surface area contributed by atoms with Gasteiger partial charge in [0.1, 0.15) is 6.29 Å². The molecule has 0 aliphatic heterocycles. The second kappa shape index (κ2) is 15.9. The molecule has 0 aromatic carbocycles. The molecule has 0 aliphatic carbocycles. The molecule has 0 atom stereocenters. The van der Waals surface area contributed by atoms with E-state index in [2.05, 4.69) is 19.1 Å². The summed E-state index contributed by atoms with van der Waals surface area (Å²) in [6.45, 7) is 2.26. The molecule has 0 heterocycles. The lowest BCUT2D eigenvalue weighted by atomic mass is 10.1. The number of rotatable bonds is 12. The molecule has 1 nitrogen and oxygen atoms in total. The van der Waals surface area contributed by atoms with Crippen molar-refractivity contribution in [3.8, 4) is 0 Å². The molecule has 0 unspecified atom stereocenters. The molecule has 1 heteroatoms. The summed E-state index contributed by atoms with van der Waals surface area (Å²) in [5.41, 5.74) is 0. The molecule has 0 saturated carbocycles. The molecule has 0 bridgehead atoms. The Morgan fingerprint density at radius 2 is 1.22 bits per heavy atom. The van der Waals surface area contributed by atoms with Crippen molar-refractivity contribution in [2.24, 2.45) is 0 Å². The van der Waals surface area contributed by atoms with Crippen molar-refractivity contribution in [2.75, 3.05) is 0 Å². The van der Waals surface area contributed by atoms with E-state index in [9.17, 15) is 4.79 Å². The van der Waals surface area contributed by atoms with E-state index in [0.29, 0.717) is 0 Å². The van der Waals surface area contributed by atoms with Gasteiger partial charge in [-0.25, -0.2) is 0 Å². The minimum atomic E-state index is 0.786. The average Bonchev–Trinajstić information content (AvgIpc) is 2.39. The van der Waals surface area contributed by atoms with Crippen LogP contribution in [-0.4, -0.2) is 6.29 Å². The Labute approximate surface area is 113 Å². The molecule has 18 heavy (non-hydrogen) atoms. The Hall–Kier alpha value is -1.11. The Morgan fingerprint density at radius 3 is 1.89 bits per heavy atom. The zero-order valence-electron chi connectivity index (χ0n) is 11.8. The summed E-state index contributed by atoms with van der Waals surface area (Å²) in [5.74, 6) is 0. The van der Waals surface area contributed by atoms with Gasteiger partial charge in [-0.05, 0) is 18.9 Å². The Kier molecular flexibility index (Phi) is 14.9. The third-order valence-corrected chi connectivity index (χ3v) is 2.88. The monoisotopic (exact) mass is 248 g/mol. The van der Waals surface area contributed by atoms with E-state index in [1.54, 1.807) is 6.08 Å². The summed E-state index contributed by atoms with van der Waals surface area (Å²) >= 11 is 0. The van der Waals surface area contributed by atoms with E-state index in [1.165, 1.54) is 57.4 Å². The lowest BCUT2D eigenvalue weighted by molar-refractivity contribution is -0.104. The summed E-state index contributed by atoms with van der Waals surface area (Å²) in [5, 5.41) is 0. The van der Waals surface area contributed by atoms with Gasteiger partial charge in [-0.1, -0.05) is 82.2 Å². The Balaban J connectivity index is 3.19. The lowest BCUT2D eigenvalue weighted by Crippen LogP contribution is -1.79. The number of aldehydes is 1. The maximum absolute atomic E-state index is 9.98. The van der Waals surface area contributed by atoms with Gasteiger partial charge in [-0.2, -0.15) is 0 Å². The highest BCUT2D eigenvalue weighted by Gasteiger charge is 1.89. The van der Waals surface area contributed by atoms with Gasteiger partial charge >= 0.3 is 0 Å². The molecule has 0 radical (unpaired) electrons. The first-order chi connectivity index (χ1) is 8.91. The van der Waals surface area contributed by atoms with Gasteiger partial charge in [0.25, 0.3) is 0 Å². The van der Waals surface area contributed by atoms with Gasteiger partial charge in [0.2, 0.25) is 0 Å². The van der Waals surface area contributed by atoms with Crippen molar-refractivity contribution in [3.05, 3.63) is 36.5 Å². The van der Waals surface area contributed by atoms with Crippen LogP contribution in [0.3, 0.4) is 0 Å². The van der Waals surface area contributed by atoms with Gasteiger partial charge in [0.05, 0.1) is 0 Å². The summed E-state index contributed by atoms with van der Waals surface area (Å²) in [7, 11) is 0. The van der Waals surface area contributed by atoms with Crippen LogP contribution in [0.25, 0.3) is 0 Å². The molecule has 102 valence electrons. The van der Waals surface area contributed by atoms with Gasteiger partial charge in [-0.15, -0.1) is 0 Å². The second-order valence-corrected chi connectivity index (χ2v) is 4.60. The first-order valence-corrected chi connectivity index (χ1v) is 7.35. The molecule has 0 N–H and O–H groups in total. The predicted octanol–water partition coefficient (Wildman–Crippen LogP) is 5.38. The van der Waals surface area contributed by atoms with Crippen molar-refractivity contribution in [1.29, 1.82) is 0 Å². The smallest absolute Gasteiger partial charge is 0.142 e. The molecule has 0 rings (SSSR count). The van der Waals surface area contributed by atoms with Crippen molar-refractivity contribution < 1.29 is 4.79 Å². The van der Waals surface area contributed by atoms with Crippen molar-refractivity contribution in [3.63, 3.8) is 0 Å². The van der Waals surface area contributed by atoms with E-state index in [0.717, 1.165) is 12.7 Å². The summed E-state index contributed by atoms with van der Waals surface area (Å²) < 4.78 is 0. The Bertz CT molecular complexity index is 248. The quantitative estimate of drug-likeness (QED) is 0.196. The molecule has 0 amide bonds. The SMILES string of the molecule is CCCCCCCCCC/C=C/C=C\C=C\C=O. The number of allylic oxidation sites excluding steroid dienone is 6. The van der Waals surface area contributed by atoms with E-state index < -0.39 is 0 Å². The largest absolute Gasteiger partial charge is 0.299 e. The number of unbranched alkanes of at least 4 members (excludes halogenated alkanes) is 8. The maximum atomic E-state index is 9.98. The van der Waals surface area contributed by atoms with E-state index in [1.807, 2.05) is 12.2 Å². The van der Waals surface area contributed by atoms with Crippen LogP contribution in [0.2, 0.25) is 0 Å². The van der Waals surface area contributed by atoms with Gasteiger partial charge in [0, 0.05) is 0 Å². The lowest BCUT2D eigenvalue weighted by Gasteiger charge is -1.99. The standard InChI is InChI=1S/C17H28O/c1-2-3-4-5-6-7-8-9-10-11-12-13-14-15-16-17-18/h11-17H,2-10H2,1H3/b12-11+,14-13-,16-15+. The molecule has 0 saturated heterocycles. The predicted molar refractivity (Wildman–Crippen MR) is 80.7 cm³/mol. The number of carbonyl (C=O) groups excluding carboxylic acids is 1. The number of hydrogen-bond donors (Lipinski definition) is 0. The highest BCUT2D eigenvalue weighted by atomic mass is 16.1. The van der Waals surface area contributed by atoms with Crippen LogP contribution in [0.1, 0.15) is 64.7 Å². The highest BCUT2D eigenvalue weighted by molar-refractivity contribution is 5.65. The second-order valence-electron chi connectivity index (χ2n) is 4.60. The molecular weight excluding hydrogens is 220 g/mol. The Morgan fingerprint density at radius 1 is 0.667 bits per heavy atom. The fourth-order valence-electron chi connectivity index (χ4n) is 1.81. The zero-order chi connectivity index (χ0) is 13.3. The van der Waals surface area contributed by atoms with Crippen molar-refractivity contribution >= 4 is 6.29 Å². The minimum Gasteiger partial charge on any atom is -0.299 e. The average molecular weight is 248 g/mol. The highest BCUT2D eigenvalue weighted by Crippen LogP contribution is 2.09. The van der Waals surface area contributed by atoms with Gasteiger partial charge in [-0.3, -0.25) is 4.79 Å². The topological polar surface area (TPSA) is 17.1 Å². The first-order valence-electron chi connectivity index (χ1n) is 7.35. The van der Waals surface area contributed by atoms with Crippen LogP contribution < -0.4 is 0 Å². The molecule has 0 aromatic rings. The normalized spacial score (nSPS) is 12.1. The molecule has 0 aliphatic rings. The number of carbonyl (C=O) groups is 1. The van der Waals surface area contributed by atoms with Crippen molar-refractivity contribution in [1.82, 2.24) is 0 Å². The van der Waals surface area contributed by atoms with Gasteiger partial charge in [0.15, 0.2) is 0 Å². The number of hydrogen-bond acceptors (Lipinski definition) is 1. The van der Waals surface area contributed by atoms with Crippen LogP contribution in [0.15, 0.2) is 36.5 Å². The molecule has 0 aromatic heterocycles. The molecular formula is C17H28O. The first kappa shape index (κ1) is 16.9. The molecule has 0 spiro atoms. The summed E-state index contributed by atoms with van der Waals surface area (Å²) in [6, 6.07) is 0. The van der Waals surface area contributed by atoms with Crippen LogP contribution >= 0.6 is 0 Å². The van der Waals surface area contributed by atoms with Crippen LogP contribution in [0.4, 0.5) is 0 Å². The van der Waals surface area contributed by atoms with Gasteiger partial charge < -0.3 is 0 Å². The summed E-state index contributed by atoms with van der Waals surface area (Å²) in [4.78, 5) is 9.98. The fraction of sp³-hybridized carbons (Fsp3) is 0.588. The van der Waals surface area contributed by atoms with E-state index in [-0.39, 0.29) is 0 Å².